The summed E-state index contributed by atoms with van der Waals surface area (Å²) < 4.78 is 15.2. The van der Waals surface area contributed by atoms with E-state index in [1.54, 1.807) is 27.7 Å². The smallest absolute Gasteiger partial charge is 0.308 e. The third-order valence-electron chi connectivity index (χ3n) is 3.26. The zero-order chi connectivity index (χ0) is 17.0. The molecule has 5 atom stereocenters. The van der Waals surface area contributed by atoms with Crippen molar-refractivity contribution in [2.45, 2.75) is 58.4 Å². The maximum Gasteiger partial charge on any atom is 0.308 e. The molecule has 1 saturated heterocycles. The predicted molar refractivity (Wildman–Crippen MR) is 73.4 cm³/mol. The molecule has 128 valence electrons. The van der Waals surface area contributed by atoms with Crippen LogP contribution >= 0.6 is 0 Å². The Morgan fingerprint density at radius 2 is 1.45 bits per heavy atom. The first-order chi connectivity index (χ1) is 10.2. The highest BCUT2D eigenvalue weighted by atomic mass is 16.7. The highest BCUT2D eigenvalue weighted by molar-refractivity contribution is 5.73. The quantitative estimate of drug-likeness (QED) is 0.562. The summed E-state index contributed by atoms with van der Waals surface area (Å²) in [7, 11) is 0. The van der Waals surface area contributed by atoms with E-state index < -0.39 is 61.1 Å². The minimum Gasteiger partial charge on any atom is -0.455 e. The van der Waals surface area contributed by atoms with E-state index in [1.165, 1.54) is 0 Å². The molecule has 1 aliphatic rings. The monoisotopic (exact) mass is 320 g/mol. The van der Waals surface area contributed by atoms with Crippen LogP contribution in [0.1, 0.15) is 27.7 Å². The fourth-order valence-corrected chi connectivity index (χ4v) is 1.86. The molecule has 0 aromatic carbocycles. The fraction of sp³-hybridized carbons (Fsp3) is 0.857. The summed E-state index contributed by atoms with van der Waals surface area (Å²) in [5.41, 5.74) is 0. The standard InChI is InChI=1S/C14H24O8/c1-6(2)12(17)21-10-9(16)8(5-15)20-14(19)11(10)22-13(18)7(3)4/h6-11,14-16,19H,5H2,1-4H3/t8-,9-,10+,11-,14-/m1/s1. The van der Waals surface area contributed by atoms with Crippen LogP contribution in [0.2, 0.25) is 0 Å². The van der Waals surface area contributed by atoms with Crippen LogP contribution in [0, 0.1) is 11.8 Å². The maximum absolute atomic E-state index is 11.8. The lowest BCUT2D eigenvalue weighted by Crippen LogP contribution is -2.61. The van der Waals surface area contributed by atoms with Crippen molar-refractivity contribution in [3.8, 4) is 0 Å². The van der Waals surface area contributed by atoms with Crippen LogP contribution < -0.4 is 0 Å². The van der Waals surface area contributed by atoms with Crippen LogP contribution in [0.4, 0.5) is 0 Å². The van der Waals surface area contributed by atoms with E-state index in [0.29, 0.717) is 0 Å². The van der Waals surface area contributed by atoms with Gasteiger partial charge in [0.15, 0.2) is 18.5 Å². The third kappa shape index (κ3) is 4.39. The van der Waals surface area contributed by atoms with Gasteiger partial charge in [-0.1, -0.05) is 27.7 Å². The van der Waals surface area contributed by atoms with Crippen LogP contribution in [0.15, 0.2) is 0 Å². The molecule has 0 radical (unpaired) electrons. The molecule has 8 nitrogen and oxygen atoms in total. The van der Waals surface area contributed by atoms with Gasteiger partial charge >= 0.3 is 11.9 Å². The van der Waals surface area contributed by atoms with E-state index in [4.69, 9.17) is 19.3 Å². The first-order valence-corrected chi connectivity index (χ1v) is 7.22. The Kier molecular flexibility index (Phi) is 6.73. The van der Waals surface area contributed by atoms with Crippen LogP contribution in [-0.4, -0.2) is 64.6 Å². The van der Waals surface area contributed by atoms with Crippen molar-refractivity contribution in [1.82, 2.24) is 0 Å². The van der Waals surface area contributed by atoms with E-state index in [1.807, 2.05) is 0 Å². The van der Waals surface area contributed by atoms with Gasteiger partial charge in [0, 0.05) is 0 Å². The van der Waals surface area contributed by atoms with Crippen molar-refractivity contribution in [3.63, 3.8) is 0 Å². The molecule has 0 aromatic rings. The van der Waals surface area contributed by atoms with Crippen molar-refractivity contribution in [3.05, 3.63) is 0 Å². The first kappa shape index (κ1) is 18.8. The average molecular weight is 320 g/mol. The number of hydrogen-bond donors (Lipinski definition) is 3. The molecule has 0 bridgehead atoms. The molecule has 22 heavy (non-hydrogen) atoms. The molecule has 1 heterocycles. The molecule has 0 saturated carbocycles. The molecule has 0 amide bonds. The second-order valence-electron chi connectivity index (χ2n) is 5.85. The number of aliphatic hydroxyl groups excluding tert-OH is 3. The zero-order valence-corrected chi connectivity index (χ0v) is 13.1. The highest BCUT2D eigenvalue weighted by Gasteiger charge is 2.49. The van der Waals surface area contributed by atoms with Gasteiger partial charge in [0.25, 0.3) is 0 Å². The number of carbonyl (C=O) groups is 2. The van der Waals surface area contributed by atoms with Gasteiger partial charge in [-0.3, -0.25) is 9.59 Å². The number of aliphatic hydroxyl groups is 3. The summed E-state index contributed by atoms with van der Waals surface area (Å²) in [6.45, 7) is 5.81. The van der Waals surface area contributed by atoms with Crippen molar-refractivity contribution in [2.75, 3.05) is 6.61 Å². The van der Waals surface area contributed by atoms with E-state index in [-0.39, 0.29) is 0 Å². The van der Waals surface area contributed by atoms with Crippen molar-refractivity contribution >= 4 is 11.9 Å². The zero-order valence-electron chi connectivity index (χ0n) is 13.1. The highest BCUT2D eigenvalue weighted by Crippen LogP contribution is 2.26. The SMILES string of the molecule is CC(C)C(=O)O[C@@H]1[C@@H](OC(=O)C(C)C)[C@H](O)[C@@H](CO)O[C@H]1O. The Morgan fingerprint density at radius 3 is 1.86 bits per heavy atom. The summed E-state index contributed by atoms with van der Waals surface area (Å²) in [5, 5.41) is 29.2. The Balaban J connectivity index is 2.96. The fourth-order valence-electron chi connectivity index (χ4n) is 1.86. The summed E-state index contributed by atoms with van der Waals surface area (Å²) in [6.07, 6.45) is -6.88. The Hall–Kier alpha value is -1.22. The first-order valence-electron chi connectivity index (χ1n) is 7.22. The maximum atomic E-state index is 11.8. The van der Waals surface area contributed by atoms with Crippen molar-refractivity contribution in [2.24, 2.45) is 11.8 Å². The number of ether oxygens (including phenoxy) is 3. The molecule has 0 spiro atoms. The summed E-state index contributed by atoms with van der Waals surface area (Å²) >= 11 is 0. The summed E-state index contributed by atoms with van der Waals surface area (Å²) in [5.74, 6) is -2.20. The van der Waals surface area contributed by atoms with Crippen LogP contribution in [0.25, 0.3) is 0 Å². The molecule has 3 N–H and O–H groups in total. The van der Waals surface area contributed by atoms with Gasteiger partial charge < -0.3 is 29.5 Å². The minimum absolute atomic E-state index is 0.471. The molecule has 1 fully saturated rings. The van der Waals surface area contributed by atoms with Crippen molar-refractivity contribution in [1.29, 1.82) is 0 Å². The van der Waals surface area contributed by atoms with Crippen LogP contribution in [0.5, 0.6) is 0 Å². The van der Waals surface area contributed by atoms with Crippen LogP contribution in [-0.2, 0) is 23.8 Å². The molecule has 0 aromatic heterocycles. The molecule has 8 heteroatoms. The third-order valence-corrected chi connectivity index (χ3v) is 3.26. The normalized spacial score (nSPS) is 32.1. The van der Waals surface area contributed by atoms with Crippen molar-refractivity contribution < 1.29 is 39.1 Å². The topological polar surface area (TPSA) is 123 Å². The summed E-state index contributed by atoms with van der Waals surface area (Å²) in [4.78, 5) is 23.5. The van der Waals surface area contributed by atoms with E-state index >= 15 is 0 Å². The lowest BCUT2D eigenvalue weighted by atomic mass is 9.98. The van der Waals surface area contributed by atoms with E-state index in [2.05, 4.69) is 0 Å². The van der Waals surface area contributed by atoms with Gasteiger partial charge in [0.2, 0.25) is 0 Å². The minimum atomic E-state index is -1.62. The van der Waals surface area contributed by atoms with Gasteiger partial charge in [-0.25, -0.2) is 0 Å². The van der Waals surface area contributed by atoms with E-state index in [0.717, 1.165) is 0 Å². The second kappa shape index (κ2) is 7.87. The van der Waals surface area contributed by atoms with E-state index in [9.17, 15) is 19.8 Å². The Labute approximate surface area is 129 Å². The Morgan fingerprint density at radius 1 is 1.00 bits per heavy atom. The second-order valence-corrected chi connectivity index (χ2v) is 5.85. The van der Waals surface area contributed by atoms with Crippen LogP contribution in [0.3, 0.4) is 0 Å². The molecule has 0 aliphatic carbocycles. The van der Waals surface area contributed by atoms with Gasteiger partial charge in [-0.05, 0) is 0 Å². The average Bonchev–Trinajstić information content (AvgIpc) is 2.45. The van der Waals surface area contributed by atoms with Gasteiger partial charge in [-0.2, -0.15) is 0 Å². The van der Waals surface area contributed by atoms with Gasteiger partial charge in [0.05, 0.1) is 18.4 Å². The summed E-state index contributed by atoms with van der Waals surface area (Å²) in [6, 6.07) is 0. The van der Waals surface area contributed by atoms with Gasteiger partial charge in [0.1, 0.15) is 12.2 Å². The molecular weight excluding hydrogens is 296 g/mol. The lowest BCUT2D eigenvalue weighted by molar-refractivity contribution is -0.294. The number of hydrogen-bond acceptors (Lipinski definition) is 8. The molecule has 1 aliphatic heterocycles. The largest absolute Gasteiger partial charge is 0.455 e. The molecular formula is C14H24O8. The van der Waals surface area contributed by atoms with Gasteiger partial charge in [-0.15, -0.1) is 0 Å². The molecule has 0 unspecified atom stereocenters. The number of carbonyl (C=O) groups excluding carboxylic acids is 2. The molecule has 1 rings (SSSR count). The number of esters is 2. The number of rotatable bonds is 5. The Bertz CT molecular complexity index is 394. The lowest BCUT2D eigenvalue weighted by Gasteiger charge is -2.41. The predicted octanol–water partition coefficient (Wildman–Crippen LogP) is -0.808.